The molecule has 0 N–H and O–H groups in total. The molecule has 0 radical (unpaired) electrons. The molecule has 0 aliphatic rings. The quantitative estimate of drug-likeness (QED) is 0.152. The number of anilines is 6. The standard InChI is InChI=1S/C58H40N2/c1-5-17-45-35-53(31-27-41(45)13-1)59(54-32-28-42-14-2-6-18-46(42)36-54)51-23-11-21-49(39-51)57-25-9-10-26-58(57)50-22-12-24-52(40-50)60(55-33-29-43-15-3-7-19-47(43)37-55)56-34-30-44-16-4-8-20-48(44)38-56/h1-40H. The summed E-state index contributed by atoms with van der Waals surface area (Å²) in [6, 6.07) is 88.2. The lowest BCUT2D eigenvalue weighted by Gasteiger charge is -2.27. The van der Waals surface area contributed by atoms with E-state index in [2.05, 4.69) is 252 Å². The lowest BCUT2D eigenvalue weighted by molar-refractivity contribution is 1.29. The molecular weight excluding hydrogens is 725 g/mol. The van der Waals surface area contributed by atoms with Crippen LogP contribution in [-0.4, -0.2) is 0 Å². The van der Waals surface area contributed by atoms with Crippen molar-refractivity contribution in [1.82, 2.24) is 0 Å². The first kappa shape index (κ1) is 35.2. The molecule has 11 aromatic rings. The molecule has 0 aromatic heterocycles. The monoisotopic (exact) mass is 764 g/mol. The van der Waals surface area contributed by atoms with Gasteiger partial charge in [-0.15, -0.1) is 0 Å². The van der Waals surface area contributed by atoms with Gasteiger partial charge >= 0.3 is 0 Å². The predicted octanol–water partition coefficient (Wildman–Crippen LogP) is 16.6. The lowest BCUT2D eigenvalue weighted by Crippen LogP contribution is -2.10. The molecule has 60 heavy (non-hydrogen) atoms. The van der Waals surface area contributed by atoms with Crippen molar-refractivity contribution in [2.24, 2.45) is 0 Å². The summed E-state index contributed by atoms with van der Waals surface area (Å²) < 4.78 is 0. The van der Waals surface area contributed by atoms with Gasteiger partial charge < -0.3 is 9.80 Å². The third kappa shape index (κ3) is 6.61. The van der Waals surface area contributed by atoms with Gasteiger partial charge in [-0.1, -0.05) is 170 Å². The first-order chi connectivity index (χ1) is 29.7. The van der Waals surface area contributed by atoms with Gasteiger partial charge in [-0.3, -0.25) is 0 Å². The fourth-order valence-corrected chi connectivity index (χ4v) is 8.77. The van der Waals surface area contributed by atoms with Gasteiger partial charge in [-0.2, -0.15) is 0 Å². The number of benzene rings is 11. The lowest BCUT2D eigenvalue weighted by atomic mass is 9.93. The van der Waals surface area contributed by atoms with Crippen LogP contribution in [-0.2, 0) is 0 Å². The fourth-order valence-electron chi connectivity index (χ4n) is 8.77. The van der Waals surface area contributed by atoms with Crippen LogP contribution in [0.25, 0.3) is 65.3 Å². The van der Waals surface area contributed by atoms with Gasteiger partial charge in [-0.05, 0) is 138 Å². The van der Waals surface area contributed by atoms with Crippen LogP contribution in [0, 0.1) is 0 Å². The summed E-state index contributed by atoms with van der Waals surface area (Å²) in [7, 11) is 0. The fraction of sp³-hybridized carbons (Fsp3) is 0. The number of nitrogens with zero attached hydrogens (tertiary/aromatic N) is 2. The van der Waals surface area contributed by atoms with E-state index in [-0.39, 0.29) is 0 Å². The zero-order valence-corrected chi connectivity index (χ0v) is 33.0. The van der Waals surface area contributed by atoms with Crippen LogP contribution in [0.2, 0.25) is 0 Å². The second kappa shape index (κ2) is 15.1. The Labute approximate surface area is 350 Å². The van der Waals surface area contributed by atoms with Crippen molar-refractivity contribution in [2.45, 2.75) is 0 Å². The Balaban J connectivity index is 1.03. The number of rotatable bonds is 8. The summed E-state index contributed by atoms with van der Waals surface area (Å²) >= 11 is 0. The molecular formula is C58H40N2. The predicted molar refractivity (Wildman–Crippen MR) is 257 cm³/mol. The van der Waals surface area contributed by atoms with Crippen LogP contribution >= 0.6 is 0 Å². The summed E-state index contributed by atoms with van der Waals surface area (Å²) in [5.41, 5.74) is 11.3. The molecule has 0 heterocycles. The van der Waals surface area contributed by atoms with Crippen molar-refractivity contribution < 1.29 is 0 Å². The SMILES string of the molecule is c1cc(-c2ccccc2-c2cccc(N(c3ccc4ccccc4c3)c3ccc4ccccc4c3)c2)cc(N(c2ccc3ccccc3c2)c2ccc3ccccc3c2)c1. The van der Waals surface area contributed by atoms with Crippen LogP contribution in [0.1, 0.15) is 0 Å². The third-order valence-electron chi connectivity index (χ3n) is 11.7. The second-order valence-electron chi connectivity index (χ2n) is 15.4. The van der Waals surface area contributed by atoms with E-state index in [4.69, 9.17) is 0 Å². The maximum atomic E-state index is 2.39. The molecule has 2 heteroatoms. The Morgan fingerprint density at radius 1 is 0.183 bits per heavy atom. The minimum atomic E-state index is 1.10. The Bertz CT molecular complexity index is 2980. The first-order valence-electron chi connectivity index (χ1n) is 20.6. The molecule has 0 saturated carbocycles. The molecule has 0 aliphatic heterocycles. The minimum Gasteiger partial charge on any atom is -0.310 e. The molecule has 11 rings (SSSR count). The molecule has 0 bridgehead atoms. The Hall–Kier alpha value is -7.94. The average molecular weight is 765 g/mol. The van der Waals surface area contributed by atoms with E-state index in [0.29, 0.717) is 0 Å². The Morgan fingerprint density at radius 3 is 0.767 bits per heavy atom. The van der Waals surface area contributed by atoms with E-state index in [1.54, 1.807) is 0 Å². The zero-order valence-electron chi connectivity index (χ0n) is 33.0. The maximum absolute atomic E-state index is 2.39. The highest BCUT2D eigenvalue weighted by Gasteiger charge is 2.18. The molecule has 2 nitrogen and oxygen atoms in total. The van der Waals surface area contributed by atoms with Crippen LogP contribution in [0.4, 0.5) is 34.1 Å². The van der Waals surface area contributed by atoms with Crippen LogP contribution in [0.15, 0.2) is 243 Å². The van der Waals surface area contributed by atoms with E-state index in [9.17, 15) is 0 Å². The molecule has 0 spiro atoms. The molecule has 282 valence electrons. The highest BCUT2D eigenvalue weighted by atomic mass is 15.1. The van der Waals surface area contributed by atoms with Gasteiger partial charge in [-0.25, -0.2) is 0 Å². The van der Waals surface area contributed by atoms with Gasteiger partial charge in [0.25, 0.3) is 0 Å². The van der Waals surface area contributed by atoms with Crippen molar-refractivity contribution in [2.75, 3.05) is 9.80 Å². The highest BCUT2D eigenvalue weighted by Crippen LogP contribution is 2.43. The van der Waals surface area contributed by atoms with Gasteiger partial charge in [0, 0.05) is 34.1 Å². The molecule has 0 saturated heterocycles. The average Bonchev–Trinajstić information content (AvgIpc) is 3.32. The first-order valence-corrected chi connectivity index (χ1v) is 20.6. The van der Waals surface area contributed by atoms with E-state index in [1.807, 2.05) is 0 Å². The van der Waals surface area contributed by atoms with Gasteiger partial charge in [0.15, 0.2) is 0 Å². The maximum Gasteiger partial charge on any atom is 0.0468 e. The van der Waals surface area contributed by atoms with E-state index in [0.717, 1.165) is 45.3 Å². The highest BCUT2D eigenvalue weighted by molar-refractivity contribution is 5.96. The van der Waals surface area contributed by atoms with E-state index < -0.39 is 0 Å². The summed E-state index contributed by atoms with van der Waals surface area (Å²) in [5.74, 6) is 0. The summed E-state index contributed by atoms with van der Waals surface area (Å²) in [6.07, 6.45) is 0. The second-order valence-corrected chi connectivity index (χ2v) is 15.4. The van der Waals surface area contributed by atoms with Crippen LogP contribution < -0.4 is 9.80 Å². The molecule has 0 atom stereocenters. The number of hydrogen-bond acceptors (Lipinski definition) is 2. The van der Waals surface area contributed by atoms with Crippen molar-refractivity contribution >= 4 is 77.2 Å². The van der Waals surface area contributed by atoms with Crippen molar-refractivity contribution in [3.8, 4) is 22.3 Å². The molecule has 11 aromatic carbocycles. The van der Waals surface area contributed by atoms with Crippen LogP contribution in [0.5, 0.6) is 0 Å². The Kier molecular flexibility index (Phi) is 8.87. The van der Waals surface area contributed by atoms with Crippen molar-refractivity contribution in [1.29, 1.82) is 0 Å². The van der Waals surface area contributed by atoms with E-state index >= 15 is 0 Å². The van der Waals surface area contributed by atoms with Gasteiger partial charge in [0.1, 0.15) is 0 Å². The van der Waals surface area contributed by atoms with Gasteiger partial charge in [0.05, 0.1) is 0 Å². The topological polar surface area (TPSA) is 6.48 Å². The largest absolute Gasteiger partial charge is 0.310 e. The summed E-state index contributed by atoms with van der Waals surface area (Å²) in [5, 5.41) is 9.75. The molecule has 0 amide bonds. The normalized spacial score (nSPS) is 11.3. The molecule has 0 fully saturated rings. The zero-order chi connectivity index (χ0) is 39.8. The number of hydrogen-bond donors (Lipinski definition) is 0. The molecule has 0 unspecified atom stereocenters. The van der Waals surface area contributed by atoms with E-state index in [1.165, 1.54) is 54.2 Å². The smallest absolute Gasteiger partial charge is 0.0468 e. The Morgan fingerprint density at radius 2 is 0.450 bits per heavy atom. The number of fused-ring (bicyclic) bond motifs is 4. The third-order valence-corrected chi connectivity index (χ3v) is 11.7. The summed E-state index contributed by atoms with van der Waals surface area (Å²) in [4.78, 5) is 4.77. The van der Waals surface area contributed by atoms with Crippen molar-refractivity contribution in [3.05, 3.63) is 243 Å². The summed E-state index contributed by atoms with van der Waals surface area (Å²) in [6.45, 7) is 0. The van der Waals surface area contributed by atoms with Gasteiger partial charge in [0.2, 0.25) is 0 Å². The molecule has 0 aliphatic carbocycles. The van der Waals surface area contributed by atoms with Crippen LogP contribution in [0.3, 0.4) is 0 Å². The van der Waals surface area contributed by atoms with Crippen molar-refractivity contribution in [3.63, 3.8) is 0 Å². The minimum absolute atomic E-state index is 1.10.